The number of nitrogens with zero attached hydrogens (tertiary/aromatic N) is 2. The Morgan fingerprint density at radius 1 is 1.67 bits per heavy atom. The quantitative estimate of drug-likeness (QED) is 0.386. The van der Waals surface area contributed by atoms with Crippen LogP contribution in [0.2, 0.25) is 0 Å². The lowest BCUT2D eigenvalue weighted by Crippen LogP contribution is -2.35. The van der Waals surface area contributed by atoms with E-state index in [9.17, 15) is 15.2 Å². The number of fused-ring (bicyclic) bond motifs is 1. The maximum Gasteiger partial charge on any atom is 0.269 e. The van der Waals surface area contributed by atoms with Gasteiger partial charge in [0.05, 0.1) is 11.5 Å². The second-order valence-corrected chi connectivity index (χ2v) is 5.23. The topological polar surface area (TPSA) is 66.6 Å². The number of benzene rings is 1. The van der Waals surface area contributed by atoms with Crippen LogP contribution in [-0.2, 0) is 0 Å². The minimum Gasteiger partial charge on any atom is -0.369 e. The van der Waals surface area contributed by atoms with E-state index in [0.29, 0.717) is 14.8 Å². The molecule has 18 heavy (non-hydrogen) atoms. The van der Waals surface area contributed by atoms with Crippen molar-refractivity contribution >= 4 is 34.0 Å². The van der Waals surface area contributed by atoms with Gasteiger partial charge >= 0.3 is 0 Å². The predicted octanol–water partition coefficient (Wildman–Crippen LogP) is 1.91. The van der Waals surface area contributed by atoms with Crippen LogP contribution >= 0.6 is 24.0 Å². The second-order valence-electron chi connectivity index (χ2n) is 3.55. The number of nitro groups is 1. The molecule has 1 aromatic carbocycles. The molecule has 0 fully saturated rings. The van der Waals surface area contributed by atoms with Crippen molar-refractivity contribution in [2.45, 2.75) is 11.1 Å². The zero-order chi connectivity index (χ0) is 13.3. The van der Waals surface area contributed by atoms with Crippen molar-refractivity contribution in [3.05, 3.63) is 33.9 Å². The maximum absolute atomic E-state index is 10.7. The lowest BCUT2D eigenvalue weighted by molar-refractivity contribution is -0.385. The molecule has 0 spiro atoms. The Morgan fingerprint density at radius 3 is 3.00 bits per heavy atom. The zero-order valence-corrected chi connectivity index (χ0v) is 10.7. The number of terminal acetylenes is 1. The summed E-state index contributed by atoms with van der Waals surface area (Å²) >= 11 is 6.39. The highest BCUT2D eigenvalue weighted by Crippen LogP contribution is 2.39. The number of thioether (sulfide) groups is 1. The molecule has 1 heterocycles. The van der Waals surface area contributed by atoms with Gasteiger partial charge in [0.2, 0.25) is 0 Å². The first-order valence-electron chi connectivity index (χ1n) is 4.93. The first-order valence-corrected chi connectivity index (χ1v) is 6.15. The number of rotatable bonds is 2. The second kappa shape index (κ2) is 4.94. The van der Waals surface area contributed by atoms with Crippen molar-refractivity contribution in [1.82, 2.24) is 4.90 Å². The number of hydrogen-bond donors (Lipinski definition) is 1. The molecule has 0 saturated heterocycles. The van der Waals surface area contributed by atoms with E-state index in [4.69, 9.17) is 18.6 Å². The first-order chi connectivity index (χ1) is 8.54. The van der Waals surface area contributed by atoms with Crippen LogP contribution in [0.3, 0.4) is 0 Å². The van der Waals surface area contributed by atoms with Gasteiger partial charge in [-0.25, -0.2) is 0 Å². The summed E-state index contributed by atoms with van der Waals surface area (Å²) in [5.74, 6) is 2.40. The molecule has 2 rings (SSSR count). The molecule has 7 heteroatoms. The largest absolute Gasteiger partial charge is 0.369 e. The number of aliphatic hydroxyl groups is 1. The van der Waals surface area contributed by atoms with Crippen LogP contribution in [0.4, 0.5) is 5.69 Å². The minimum absolute atomic E-state index is 0.0677. The van der Waals surface area contributed by atoms with Gasteiger partial charge in [0.1, 0.15) is 4.32 Å². The summed E-state index contributed by atoms with van der Waals surface area (Å²) in [6.07, 6.45) is 4.16. The van der Waals surface area contributed by atoms with E-state index in [-0.39, 0.29) is 12.2 Å². The molecule has 5 nitrogen and oxygen atoms in total. The average Bonchev–Trinajstić information content (AvgIpc) is 2.34. The Labute approximate surface area is 113 Å². The van der Waals surface area contributed by atoms with E-state index in [2.05, 4.69) is 5.92 Å². The number of nitro benzene ring substituents is 1. The van der Waals surface area contributed by atoms with Crippen LogP contribution in [0, 0.1) is 22.5 Å². The van der Waals surface area contributed by atoms with Crippen LogP contribution < -0.4 is 0 Å². The fourth-order valence-corrected chi connectivity index (χ4v) is 2.94. The lowest BCUT2D eigenvalue weighted by atomic mass is 10.1. The fraction of sp³-hybridized carbons (Fsp3) is 0.182. The molecule has 0 saturated carbocycles. The Kier molecular flexibility index (Phi) is 3.52. The number of non-ortho nitro benzene ring substituents is 1. The molecule has 0 radical (unpaired) electrons. The summed E-state index contributed by atoms with van der Waals surface area (Å²) in [5, 5.41) is 20.8. The SMILES string of the molecule is C#CCN1C(=S)Sc2ccc([N+](=O)[O-])cc2C1O. The highest BCUT2D eigenvalue weighted by molar-refractivity contribution is 8.23. The third-order valence-corrected chi connectivity index (χ3v) is 3.96. The van der Waals surface area contributed by atoms with E-state index >= 15 is 0 Å². The van der Waals surface area contributed by atoms with Crippen LogP contribution in [0.25, 0.3) is 0 Å². The molecule has 0 bridgehead atoms. The number of hydrogen-bond acceptors (Lipinski definition) is 5. The third kappa shape index (κ3) is 2.18. The Balaban J connectivity index is 2.45. The van der Waals surface area contributed by atoms with E-state index in [1.165, 1.54) is 28.8 Å². The number of aliphatic hydroxyl groups excluding tert-OH is 1. The zero-order valence-electron chi connectivity index (χ0n) is 9.07. The first kappa shape index (κ1) is 12.8. The fourth-order valence-electron chi connectivity index (χ4n) is 1.61. The van der Waals surface area contributed by atoms with Gasteiger partial charge in [-0.1, -0.05) is 29.9 Å². The number of thiocarbonyl (C=S) groups is 1. The van der Waals surface area contributed by atoms with E-state index in [1.807, 2.05) is 0 Å². The van der Waals surface area contributed by atoms with Gasteiger partial charge in [-0.15, -0.1) is 6.42 Å². The Morgan fingerprint density at radius 2 is 2.39 bits per heavy atom. The van der Waals surface area contributed by atoms with Crippen molar-refractivity contribution in [2.24, 2.45) is 0 Å². The Bertz CT molecular complexity index is 568. The molecule has 1 unspecified atom stereocenters. The molecule has 1 N–H and O–H groups in total. The highest BCUT2D eigenvalue weighted by atomic mass is 32.2. The molecular weight excluding hydrogens is 272 g/mol. The van der Waals surface area contributed by atoms with Gasteiger partial charge in [-0.05, 0) is 6.07 Å². The summed E-state index contributed by atoms with van der Waals surface area (Å²) < 4.78 is 0.460. The van der Waals surface area contributed by atoms with Crippen LogP contribution in [0.5, 0.6) is 0 Å². The lowest BCUT2D eigenvalue weighted by Gasteiger charge is -2.33. The van der Waals surface area contributed by atoms with E-state index < -0.39 is 11.2 Å². The van der Waals surface area contributed by atoms with Gasteiger partial charge in [-0.2, -0.15) is 0 Å². The van der Waals surface area contributed by atoms with Gasteiger partial charge in [0.25, 0.3) is 5.69 Å². The molecule has 1 atom stereocenters. The van der Waals surface area contributed by atoms with Gasteiger partial charge in [0.15, 0.2) is 6.23 Å². The van der Waals surface area contributed by atoms with Gasteiger partial charge < -0.3 is 10.0 Å². The summed E-state index contributed by atoms with van der Waals surface area (Å²) in [4.78, 5) is 12.4. The van der Waals surface area contributed by atoms with Crippen molar-refractivity contribution in [1.29, 1.82) is 0 Å². The van der Waals surface area contributed by atoms with E-state index in [0.717, 1.165) is 0 Å². The van der Waals surface area contributed by atoms with Crippen molar-refractivity contribution in [2.75, 3.05) is 6.54 Å². The van der Waals surface area contributed by atoms with Crippen molar-refractivity contribution < 1.29 is 10.0 Å². The maximum atomic E-state index is 10.7. The molecule has 92 valence electrons. The predicted molar refractivity (Wildman–Crippen MR) is 72.1 cm³/mol. The summed E-state index contributed by atoms with van der Waals surface area (Å²) in [6, 6.07) is 4.32. The van der Waals surface area contributed by atoms with Crippen LogP contribution in [0.15, 0.2) is 23.1 Å². The smallest absolute Gasteiger partial charge is 0.269 e. The molecule has 1 aromatic rings. The van der Waals surface area contributed by atoms with Crippen LogP contribution in [-0.4, -0.2) is 25.8 Å². The highest BCUT2D eigenvalue weighted by Gasteiger charge is 2.30. The standard InChI is InChI=1S/C11H8N2O3S2/c1-2-5-12-10(14)8-6-7(13(15)16)3-4-9(8)18-11(12)17/h1,3-4,6,10,14H,5H2. The summed E-state index contributed by atoms with van der Waals surface area (Å²) in [6.45, 7) is 0.162. The normalized spacial score (nSPS) is 18.1. The van der Waals surface area contributed by atoms with Crippen LogP contribution in [0.1, 0.15) is 11.8 Å². The molecular formula is C11H8N2O3S2. The van der Waals surface area contributed by atoms with Gasteiger partial charge in [0, 0.05) is 22.6 Å². The average molecular weight is 280 g/mol. The van der Waals surface area contributed by atoms with E-state index in [1.54, 1.807) is 6.07 Å². The van der Waals surface area contributed by atoms with Gasteiger partial charge in [-0.3, -0.25) is 10.1 Å². The Hall–Kier alpha value is -1.62. The molecule has 1 aliphatic heterocycles. The summed E-state index contributed by atoms with van der Waals surface area (Å²) in [7, 11) is 0. The van der Waals surface area contributed by atoms with Crippen molar-refractivity contribution in [3.63, 3.8) is 0 Å². The minimum atomic E-state index is -1.04. The summed E-state index contributed by atoms with van der Waals surface area (Å²) in [5.41, 5.74) is 0.389. The molecule has 0 amide bonds. The monoisotopic (exact) mass is 280 g/mol. The molecule has 0 aromatic heterocycles. The molecule has 0 aliphatic carbocycles. The molecule has 1 aliphatic rings. The third-order valence-electron chi connectivity index (χ3n) is 2.47. The van der Waals surface area contributed by atoms with Crippen molar-refractivity contribution in [3.8, 4) is 12.3 Å².